The quantitative estimate of drug-likeness (QED) is 0.608. The molecule has 0 bridgehead atoms. The Morgan fingerprint density at radius 1 is 1.12 bits per heavy atom. The molecule has 4 nitrogen and oxygen atoms in total. The van der Waals surface area contributed by atoms with Gasteiger partial charge in [-0.05, 0) is 37.7 Å². The van der Waals surface area contributed by atoms with E-state index in [1.807, 2.05) is 38.1 Å². The van der Waals surface area contributed by atoms with Gasteiger partial charge < -0.3 is 9.64 Å². The SMILES string of the molecule is CCCC(=O)c1ccccc1CN(CC1CCCCC1)C(=O)OCC. The average molecular weight is 345 g/mol. The van der Waals surface area contributed by atoms with Crippen LogP contribution in [0.5, 0.6) is 0 Å². The predicted molar refractivity (Wildman–Crippen MR) is 99.7 cm³/mol. The third kappa shape index (κ3) is 5.87. The molecule has 1 aliphatic rings. The molecule has 4 heteroatoms. The lowest BCUT2D eigenvalue weighted by atomic mass is 9.89. The molecule has 138 valence electrons. The van der Waals surface area contributed by atoms with Crippen LogP contribution >= 0.6 is 0 Å². The highest BCUT2D eigenvalue weighted by molar-refractivity contribution is 5.97. The largest absolute Gasteiger partial charge is 0.450 e. The Kier molecular flexibility index (Phi) is 7.96. The van der Waals surface area contributed by atoms with Gasteiger partial charge in [0.25, 0.3) is 0 Å². The summed E-state index contributed by atoms with van der Waals surface area (Å²) in [5.41, 5.74) is 1.66. The van der Waals surface area contributed by atoms with E-state index >= 15 is 0 Å². The van der Waals surface area contributed by atoms with Gasteiger partial charge in [0.05, 0.1) is 6.61 Å². The molecule has 0 heterocycles. The van der Waals surface area contributed by atoms with Crippen LogP contribution in [-0.2, 0) is 11.3 Å². The average Bonchev–Trinajstić information content (AvgIpc) is 2.63. The second-order valence-electron chi connectivity index (χ2n) is 6.91. The van der Waals surface area contributed by atoms with Crippen molar-refractivity contribution in [3.8, 4) is 0 Å². The van der Waals surface area contributed by atoms with Gasteiger partial charge in [-0.3, -0.25) is 4.79 Å². The predicted octanol–water partition coefficient (Wildman–Crippen LogP) is 5.21. The van der Waals surface area contributed by atoms with Crippen LogP contribution in [0.3, 0.4) is 0 Å². The fourth-order valence-corrected chi connectivity index (χ4v) is 3.60. The van der Waals surface area contributed by atoms with Gasteiger partial charge >= 0.3 is 6.09 Å². The molecule has 0 N–H and O–H groups in total. The maximum Gasteiger partial charge on any atom is 0.410 e. The minimum Gasteiger partial charge on any atom is -0.450 e. The first kappa shape index (κ1) is 19.5. The van der Waals surface area contributed by atoms with Crippen molar-refractivity contribution < 1.29 is 14.3 Å². The van der Waals surface area contributed by atoms with E-state index < -0.39 is 0 Å². The van der Waals surface area contributed by atoms with Gasteiger partial charge in [-0.15, -0.1) is 0 Å². The number of benzene rings is 1. The smallest absolute Gasteiger partial charge is 0.410 e. The first-order valence-electron chi connectivity index (χ1n) is 9.68. The molecular weight excluding hydrogens is 314 g/mol. The van der Waals surface area contributed by atoms with Gasteiger partial charge in [0.2, 0.25) is 0 Å². The second-order valence-corrected chi connectivity index (χ2v) is 6.91. The van der Waals surface area contributed by atoms with Gasteiger partial charge in [0, 0.05) is 25.1 Å². The summed E-state index contributed by atoms with van der Waals surface area (Å²) < 4.78 is 5.27. The van der Waals surface area contributed by atoms with Crippen LogP contribution < -0.4 is 0 Å². The fourth-order valence-electron chi connectivity index (χ4n) is 3.60. The van der Waals surface area contributed by atoms with Gasteiger partial charge in [-0.1, -0.05) is 50.5 Å². The zero-order valence-electron chi connectivity index (χ0n) is 15.6. The molecule has 0 atom stereocenters. The lowest BCUT2D eigenvalue weighted by molar-refractivity contribution is 0.0921. The highest BCUT2D eigenvalue weighted by Crippen LogP contribution is 2.26. The number of ketones is 1. The molecule has 25 heavy (non-hydrogen) atoms. The molecule has 1 aromatic rings. The Hall–Kier alpha value is -1.84. The Balaban J connectivity index is 2.15. The fraction of sp³-hybridized carbons (Fsp3) is 0.619. The summed E-state index contributed by atoms with van der Waals surface area (Å²) in [6.07, 6.45) is 7.23. The van der Waals surface area contributed by atoms with Crippen LogP contribution in [0.1, 0.15) is 74.7 Å². The lowest BCUT2D eigenvalue weighted by Crippen LogP contribution is -2.36. The highest BCUT2D eigenvalue weighted by atomic mass is 16.6. The molecule has 1 aliphatic carbocycles. The maximum absolute atomic E-state index is 12.4. The maximum atomic E-state index is 12.4. The number of rotatable bonds is 8. The first-order chi connectivity index (χ1) is 12.2. The number of amides is 1. The van der Waals surface area contributed by atoms with Gasteiger partial charge in [-0.25, -0.2) is 4.79 Å². The third-order valence-electron chi connectivity index (χ3n) is 4.89. The van der Waals surface area contributed by atoms with Crippen molar-refractivity contribution in [2.45, 2.75) is 65.3 Å². The molecule has 0 aliphatic heterocycles. The molecule has 0 spiro atoms. The highest BCUT2D eigenvalue weighted by Gasteiger charge is 2.23. The number of ether oxygens (including phenoxy) is 1. The van der Waals surface area contributed by atoms with E-state index in [1.54, 1.807) is 4.90 Å². The lowest BCUT2D eigenvalue weighted by Gasteiger charge is -2.29. The molecule has 1 amide bonds. The first-order valence-corrected chi connectivity index (χ1v) is 9.68. The molecule has 0 unspecified atom stereocenters. The van der Waals surface area contributed by atoms with Crippen molar-refractivity contribution in [3.63, 3.8) is 0 Å². The molecule has 1 saturated carbocycles. The second kappa shape index (κ2) is 10.2. The van der Waals surface area contributed by atoms with Crippen LogP contribution in [0.4, 0.5) is 4.79 Å². The molecule has 1 aromatic carbocycles. The van der Waals surface area contributed by atoms with Crippen LogP contribution in [0.2, 0.25) is 0 Å². The van der Waals surface area contributed by atoms with Gasteiger partial charge in [0.15, 0.2) is 5.78 Å². The summed E-state index contributed by atoms with van der Waals surface area (Å²) in [5, 5.41) is 0. The molecule has 0 radical (unpaired) electrons. The van der Waals surface area contributed by atoms with E-state index in [4.69, 9.17) is 4.74 Å². The van der Waals surface area contributed by atoms with E-state index in [0.29, 0.717) is 25.5 Å². The minimum absolute atomic E-state index is 0.152. The van der Waals surface area contributed by atoms with Crippen molar-refractivity contribution in [1.29, 1.82) is 0 Å². The van der Waals surface area contributed by atoms with Crippen LogP contribution in [0.15, 0.2) is 24.3 Å². The van der Waals surface area contributed by atoms with E-state index in [-0.39, 0.29) is 11.9 Å². The summed E-state index contributed by atoms with van der Waals surface area (Å²) in [4.78, 5) is 26.6. The van der Waals surface area contributed by atoms with Crippen molar-refractivity contribution >= 4 is 11.9 Å². The number of nitrogens with zero attached hydrogens (tertiary/aromatic N) is 1. The van der Waals surface area contributed by atoms with Crippen LogP contribution in [0, 0.1) is 5.92 Å². The normalized spacial score (nSPS) is 15.0. The van der Waals surface area contributed by atoms with E-state index in [9.17, 15) is 9.59 Å². The van der Waals surface area contributed by atoms with Crippen molar-refractivity contribution in [1.82, 2.24) is 4.90 Å². The number of hydrogen-bond acceptors (Lipinski definition) is 3. The number of Topliss-reactive ketones (excluding diaryl/α,β-unsaturated/α-hetero) is 1. The summed E-state index contributed by atoms with van der Waals surface area (Å²) in [7, 11) is 0. The van der Waals surface area contributed by atoms with E-state index in [1.165, 1.54) is 32.1 Å². The molecule has 2 rings (SSSR count). The molecule has 1 fully saturated rings. The Morgan fingerprint density at radius 3 is 2.52 bits per heavy atom. The molecule has 0 saturated heterocycles. The van der Waals surface area contributed by atoms with Crippen LogP contribution in [0.25, 0.3) is 0 Å². The summed E-state index contributed by atoms with van der Waals surface area (Å²) >= 11 is 0. The van der Waals surface area contributed by atoms with E-state index in [0.717, 1.165) is 24.1 Å². The molecule has 0 aromatic heterocycles. The summed E-state index contributed by atoms with van der Waals surface area (Å²) in [5.74, 6) is 0.691. The Labute approximate surface area is 151 Å². The monoisotopic (exact) mass is 345 g/mol. The van der Waals surface area contributed by atoms with Crippen molar-refractivity contribution in [3.05, 3.63) is 35.4 Å². The third-order valence-corrected chi connectivity index (χ3v) is 4.89. The number of hydrogen-bond donors (Lipinski definition) is 0. The Morgan fingerprint density at radius 2 is 1.84 bits per heavy atom. The minimum atomic E-state index is -0.272. The van der Waals surface area contributed by atoms with Crippen molar-refractivity contribution in [2.75, 3.05) is 13.2 Å². The van der Waals surface area contributed by atoms with Gasteiger partial charge in [-0.2, -0.15) is 0 Å². The summed E-state index contributed by atoms with van der Waals surface area (Å²) in [6, 6.07) is 7.65. The van der Waals surface area contributed by atoms with Crippen molar-refractivity contribution in [2.24, 2.45) is 5.92 Å². The zero-order valence-corrected chi connectivity index (χ0v) is 15.6. The van der Waals surface area contributed by atoms with Crippen LogP contribution in [-0.4, -0.2) is 29.9 Å². The topological polar surface area (TPSA) is 46.6 Å². The molecular formula is C21H31NO3. The van der Waals surface area contributed by atoms with Gasteiger partial charge in [0.1, 0.15) is 0 Å². The zero-order chi connectivity index (χ0) is 18.1. The standard InChI is InChI=1S/C21H31NO3/c1-3-10-20(23)19-14-9-8-13-18(19)16-22(21(24)25-4-2)15-17-11-6-5-7-12-17/h8-9,13-14,17H,3-7,10-12,15-16H2,1-2H3. The number of carbonyl (C=O) groups is 2. The summed E-state index contributed by atoms with van der Waals surface area (Å²) in [6.45, 7) is 5.37. The van der Waals surface area contributed by atoms with E-state index in [2.05, 4.69) is 0 Å². The number of carbonyl (C=O) groups excluding carboxylic acids is 2. The Bertz CT molecular complexity index is 564.